The number of aryl methyl sites for hydroxylation is 2. The molecule has 4 fully saturated rings. The standard InChI is InChI=1S/C52H84N2O/c1-5-9-11-15-39-17-25-43(26-18-39)45-29-21-41(22-30-45)33-47-35-49(37-53-51(47)13-7-3)55-50-36-48(52(14-8-4)54-38-50)34-42-23-31-46(32-24-42)44-27-19-40(20-28-44)16-12-10-6-2/h35-46H,5-34H2,1-4H3. The van der Waals surface area contributed by atoms with Crippen LogP contribution >= 0.6 is 0 Å². The molecule has 0 N–H and O–H groups in total. The fourth-order valence-electron chi connectivity index (χ4n) is 12.2. The third kappa shape index (κ3) is 13.1. The van der Waals surface area contributed by atoms with Crippen LogP contribution in [0.5, 0.6) is 11.5 Å². The number of unbranched alkanes of at least 4 members (excludes halogenated alkanes) is 4. The summed E-state index contributed by atoms with van der Waals surface area (Å²) in [6.45, 7) is 9.25. The Kier molecular flexibility index (Phi) is 17.8. The Hall–Kier alpha value is -1.90. The van der Waals surface area contributed by atoms with Gasteiger partial charge in [0, 0.05) is 11.4 Å². The number of hydrogen-bond donors (Lipinski definition) is 0. The SMILES string of the molecule is CCCCCC1CCC(C2CCC(Cc3cc(Oc4cnc(CCC)c(CC5CCC(C6CCC(CCCCC)CC6)CC5)c4)cnc3CCC)CC2)CC1. The smallest absolute Gasteiger partial charge is 0.146 e. The fraction of sp³-hybridized carbons (Fsp3) is 0.808. The van der Waals surface area contributed by atoms with E-state index in [0.29, 0.717) is 0 Å². The fourth-order valence-corrected chi connectivity index (χ4v) is 12.2. The Bertz CT molecular complexity index is 1250. The Labute approximate surface area is 339 Å². The van der Waals surface area contributed by atoms with Gasteiger partial charge < -0.3 is 4.74 Å². The normalized spacial score (nSPS) is 28.9. The molecule has 0 spiro atoms. The molecule has 0 bridgehead atoms. The number of aromatic nitrogens is 2. The van der Waals surface area contributed by atoms with Gasteiger partial charge in [-0.3, -0.25) is 9.97 Å². The van der Waals surface area contributed by atoms with E-state index < -0.39 is 0 Å². The van der Waals surface area contributed by atoms with E-state index in [1.54, 1.807) is 0 Å². The van der Waals surface area contributed by atoms with E-state index in [2.05, 4.69) is 39.8 Å². The van der Waals surface area contributed by atoms with Crippen molar-refractivity contribution in [3.63, 3.8) is 0 Å². The molecule has 2 aromatic heterocycles. The number of pyridine rings is 2. The number of ether oxygens (including phenoxy) is 1. The average molecular weight is 753 g/mol. The molecule has 0 aromatic carbocycles. The lowest BCUT2D eigenvalue weighted by Crippen LogP contribution is -2.26. The van der Waals surface area contributed by atoms with Gasteiger partial charge in [-0.25, -0.2) is 0 Å². The third-order valence-electron chi connectivity index (χ3n) is 15.6. The van der Waals surface area contributed by atoms with Crippen molar-refractivity contribution in [3.8, 4) is 11.5 Å². The second kappa shape index (κ2) is 22.9. The summed E-state index contributed by atoms with van der Waals surface area (Å²) in [6.07, 6.45) is 45.6. The summed E-state index contributed by atoms with van der Waals surface area (Å²) in [4.78, 5) is 10.1. The minimum atomic E-state index is 0.788. The van der Waals surface area contributed by atoms with Gasteiger partial charge in [0.2, 0.25) is 0 Å². The first-order chi connectivity index (χ1) is 27.0. The Morgan fingerprint density at radius 3 is 1.11 bits per heavy atom. The molecule has 0 amide bonds. The van der Waals surface area contributed by atoms with Gasteiger partial charge in [0.1, 0.15) is 11.5 Å². The van der Waals surface area contributed by atoms with Crippen molar-refractivity contribution in [2.24, 2.45) is 47.3 Å². The maximum atomic E-state index is 6.65. The quantitative estimate of drug-likeness (QED) is 0.126. The van der Waals surface area contributed by atoms with Gasteiger partial charge in [0.25, 0.3) is 0 Å². The van der Waals surface area contributed by atoms with Gasteiger partial charge >= 0.3 is 0 Å². The van der Waals surface area contributed by atoms with Gasteiger partial charge in [-0.05, 0) is 173 Å². The molecular formula is C52H84N2O. The second-order valence-electron chi connectivity index (χ2n) is 19.7. The zero-order chi connectivity index (χ0) is 38.2. The summed E-state index contributed by atoms with van der Waals surface area (Å²) in [5, 5.41) is 0. The highest BCUT2D eigenvalue weighted by Gasteiger charge is 2.33. The highest BCUT2D eigenvalue weighted by atomic mass is 16.5. The van der Waals surface area contributed by atoms with Crippen molar-refractivity contribution in [1.82, 2.24) is 9.97 Å². The topological polar surface area (TPSA) is 35.0 Å². The van der Waals surface area contributed by atoms with Crippen LogP contribution in [0.25, 0.3) is 0 Å². The van der Waals surface area contributed by atoms with Gasteiger partial charge in [-0.15, -0.1) is 0 Å². The minimum absolute atomic E-state index is 0.788. The van der Waals surface area contributed by atoms with Crippen LogP contribution in [0.3, 0.4) is 0 Å². The Balaban J connectivity index is 1.000. The van der Waals surface area contributed by atoms with E-state index in [-0.39, 0.29) is 0 Å². The van der Waals surface area contributed by atoms with Crippen molar-refractivity contribution in [3.05, 3.63) is 47.0 Å². The second-order valence-corrected chi connectivity index (χ2v) is 19.7. The Morgan fingerprint density at radius 1 is 0.436 bits per heavy atom. The van der Waals surface area contributed by atoms with Crippen LogP contribution in [0.2, 0.25) is 0 Å². The number of rotatable bonds is 20. The molecule has 308 valence electrons. The van der Waals surface area contributed by atoms with E-state index in [1.165, 1.54) is 189 Å². The molecule has 2 aromatic rings. The molecule has 6 rings (SSSR count). The van der Waals surface area contributed by atoms with Crippen LogP contribution < -0.4 is 4.74 Å². The monoisotopic (exact) mass is 753 g/mol. The summed E-state index contributed by atoms with van der Waals surface area (Å²) in [5.74, 6) is 9.40. The van der Waals surface area contributed by atoms with Crippen molar-refractivity contribution < 1.29 is 4.74 Å². The van der Waals surface area contributed by atoms with E-state index in [4.69, 9.17) is 14.7 Å². The van der Waals surface area contributed by atoms with Crippen LogP contribution in [0.15, 0.2) is 24.5 Å². The molecule has 0 aliphatic heterocycles. The lowest BCUT2D eigenvalue weighted by molar-refractivity contribution is 0.142. The lowest BCUT2D eigenvalue weighted by Gasteiger charge is -2.38. The highest BCUT2D eigenvalue weighted by Crippen LogP contribution is 2.45. The van der Waals surface area contributed by atoms with Crippen molar-refractivity contribution in [2.75, 3.05) is 0 Å². The number of nitrogens with zero attached hydrogens (tertiary/aromatic N) is 2. The third-order valence-corrected chi connectivity index (χ3v) is 15.6. The molecule has 4 saturated carbocycles. The molecule has 4 aliphatic rings. The summed E-state index contributed by atoms with van der Waals surface area (Å²) >= 11 is 0. The summed E-state index contributed by atoms with van der Waals surface area (Å²) in [5.41, 5.74) is 5.47. The average Bonchev–Trinajstić information content (AvgIpc) is 3.21. The maximum absolute atomic E-state index is 6.65. The van der Waals surface area contributed by atoms with Gasteiger partial charge in [0.15, 0.2) is 0 Å². The molecule has 0 radical (unpaired) electrons. The minimum Gasteiger partial charge on any atom is -0.454 e. The molecule has 3 heteroatoms. The van der Waals surface area contributed by atoms with Crippen LogP contribution in [0, 0.1) is 47.3 Å². The molecule has 3 nitrogen and oxygen atoms in total. The first kappa shape index (κ1) is 42.7. The van der Waals surface area contributed by atoms with Crippen molar-refractivity contribution in [1.29, 1.82) is 0 Å². The zero-order valence-corrected chi connectivity index (χ0v) is 36.4. The van der Waals surface area contributed by atoms with Gasteiger partial charge in [-0.1, -0.05) is 118 Å². The predicted molar refractivity (Wildman–Crippen MR) is 234 cm³/mol. The summed E-state index contributed by atoms with van der Waals surface area (Å²) < 4.78 is 6.65. The largest absolute Gasteiger partial charge is 0.454 e. The van der Waals surface area contributed by atoms with E-state index in [0.717, 1.165) is 84.5 Å². The molecule has 55 heavy (non-hydrogen) atoms. The van der Waals surface area contributed by atoms with Crippen LogP contribution in [0.4, 0.5) is 0 Å². The predicted octanol–water partition coefficient (Wildman–Crippen LogP) is 15.6. The molecule has 0 saturated heterocycles. The first-order valence-corrected chi connectivity index (χ1v) is 24.7. The van der Waals surface area contributed by atoms with Gasteiger partial charge in [0.05, 0.1) is 12.4 Å². The number of hydrogen-bond acceptors (Lipinski definition) is 3. The first-order valence-electron chi connectivity index (χ1n) is 24.7. The maximum Gasteiger partial charge on any atom is 0.146 e. The van der Waals surface area contributed by atoms with E-state index in [9.17, 15) is 0 Å². The van der Waals surface area contributed by atoms with Crippen LogP contribution in [0.1, 0.15) is 217 Å². The summed E-state index contributed by atoms with van der Waals surface area (Å²) in [7, 11) is 0. The van der Waals surface area contributed by atoms with Crippen LogP contribution in [-0.2, 0) is 25.7 Å². The van der Waals surface area contributed by atoms with E-state index in [1.807, 2.05) is 12.4 Å². The van der Waals surface area contributed by atoms with Gasteiger partial charge in [-0.2, -0.15) is 0 Å². The zero-order valence-electron chi connectivity index (χ0n) is 36.4. The molecule has 2 heterocycles. The molecule has 0 unspecified atom stereocenters. The van der Waals surface area contributed by atoms with E-state index >= 15 is 0 Å². The molecule has 4 aliphatic carbocycles. The van der Waals surface area contributed by atoms with Crippen molar-refractivity contribution >= 4 is 0 Å². The molecular weight excluding hydrogens is 669 g/mol. The molecule has 0 atom stereocenters. The van der Waals surface area contributed by atoms with Crippen molar-refractivity contribution in [2.45, 2.75) is 220 Å². The lowest BCUT2D eigenvalue weighted by atomic mass is 9.68. The van der Waals surface area contributed by atoms with Crippen LogP contribution in [-0.4, -0.2) is 9.97 Å². The Morgan fingerprint density at radius 2 is 0.782 bits per heavy atom. The highest BCUT2D eigenvalue weighted by molar-refractivity contribution is 5.36. The summed E-state index contributed by atoms with van der Waals surface area (Å²) in [6, 6.07) is 4.70.